The number of amides is 1. The zero-order valence-electron chi connectivity index (χ0n) is 10.5. The Kier molecular flexibility index (Phi) is 5.35. The third-order valence-electron chi connectivity index (χ3n) is 2.76. The Morgan fingerprint density at radius 3 is 2.47 bits per heavy atom. The van der Waals surface area contributed by atoms with Gasteiger partial charge in [-0.3, -0.25) is 4.79 Å². The van der Waals surface area contributed by atoms with Crippen LogP contribution in [0.4, 0.5) is 0 Å². The monoisotopic (exact) mass is 263 g/mol. The fourth-order valence-electron chi connectivity index (χ4n) is 1.72. The molecule has 1 fully saturated rings. The van der Waals surface area contributed by atoms with Gasteiger partial charge in [-0.05, 0) is 6.42 Å². The molecular weight excluding hydrogens is 242 g/mol. The van der Waals surface area contributed by atoms with Gasteiger partial charge in [0, 0.05) is 33.2 Å². The van der Waals surface area contributed by atoms with E-state index in [9.17, 15) is 13.2 Å². The van der Waals surface area contributed by atoms with E-state index in [0.29, 0.717) is 19.5 Å². The summed E-state index contributed by atoms with van der Waals surface area (Å²) in [5, 5.41) is 3.15. The van der Waals surface area contributed by atoms with Gasteiger partial charge in [-0.25, -0.2) is 8.42 Å². The number of nitrogens with one attached hydrogen (secondary N) is 1. The molecule has 0 bridgehead atoms. The third kappa shape index (κ3) is 4.25. The topological polar surface area (TPSA) is 69.7 Å². The van der Waals surface area contributed by atoms with Crippen molar-refractivity contribution in [2.24, 2.45) is 0 Å². The highest BCUT2D eigenvalue weighted by atomic mass is 32.2. The van der Waals surface area contributed by atoms with Crippen molar-refractivity contribution in [1.82, 2.24) is 14.5 Å². The summed E-state index contributed by atoms with van der Waals surface area (Å²) in [5.74, 6) is -0.0214. The minimum atomic E-state index is -3.27. The second-order valence-corrected chi connectivity index (χ2v) is 6.40. The first kappa shape index (κ1) is 14.4. The molecule has 1 saturated heterocycles. The molecule has 0 aromatic rings. The molecule has 17 heavy (non-hydrogen) atoms. The molecule has 0 spiro atoms. The van der Waals surface area contributed by atoms with Crippen molar-refractivity contribution in [2.75, 3.05) is 45.5 Å². The van der Waals surface area contributed by atoms with E-state index < -0.39 is 10.0 Å². The van der Waals surface area contributed by atoms with Crippen LogP contribution < -0.4 is 5.32 Å². The summed E-state index contributed by atoms with van der Waals surface area (Å²) in [7, 11) is -1.81. The number of carbonyl (C=O) groups is 1. The molecule has 0 radical (unpaired) electrons. The Hall–Kier alpha value is -0.660. The summed E-state index contributed by atoms with van der Waals surface area (Å²) < 4.78 is 24.5. The number of rotatable bonds is 5. The van der Waals surface area contributed by atoms with Crippen molar-refractivity contribution in [3.05, 3.63) is 0 Å². The lowest BCUT2D eigenvalue weighted by Crippen LogP contribution is -2.49. The number of sulfonamides is 1. The molecular formula is C10H21N3O3S. The lowest BCUT2D eigenvalue weighted by atomic mass is 10.3. The molecule has 6 nitrogen and oxygen atoms in total. The molecule has 0 aliphatic carbocycles. The summed E-state index contributed by atoms with van der Waals surface area (Å²) in [6.07, 6.45) is 0.564. The summed E-state index contributed by atoms with van der Waals surface area (Å²) in [6.45, 7) is 4.61. The van der Waals surface area contributed by atoms with Gasteiger partial charge in [0.1, 0.15) is 0 Å². The van der Waals surface area contributed by atoms with Crippen LogP contribution in [-0.4, -0.2) is 69.1 Å². The molecule has 1 N–H and O–H groups in total. The molecule has 0 unspecified atom stereocenters. The summed E-state index contributed by atoms with van der Waals surface area (Å²) in [6, 6.07) is 0. The van der Waals surface area contributed by atoms with Gasteiger partial charge in [0.25, 0.3) is 0 Å². The molecule has 0 aromatic heterocycles. The summed E-state index contributed by atoms with van der Waals surface area (Å²) >= 11 is 0. The van der Waals surface area contributed by atoms with Crippen LogP contribution in [0.25, 0.3) is 0 Å². The zero-order valence-corrected chi connectivity index (χ0v) is 11.3. The second kappa shape index (κ2) is 6.32. The first-order valence-electron chi connectivity index (χ1n) is 5.90. The number of hydrogen-bond acceptors (Lipinski definition) is 4. The predicted octanol–water partition coefficient (Wildman–Crippen LogP) is -0.910. The van der Waals surface area contributed by atoms with Crippen molar-refractivity contribution < 1.29 is 13.2 Å². The Labute approximate surface area is 103 Å². The maximum absolute atomic E-state index is 11.9. The molecule has 0 atom stereocenters. The third-order valence-corrected chi connectivity index (χ3v) is 4.77. The largest absolute Gasteiger partial charge is 0.339 e. The van der Waals surface area contributed by atoms with Crippen molar-refractivity contribution in [3.8, 4) is 0 Å². The maximum atomic E-state index is 11.9. The molecule has 1 rings (SSSR count). The van der Waals surface area contributed by atoms with Gasteiger partial charge in [-0.15, -0.1) is 0 Å². The number of hydrogen-bond donors (Lipinski definition) is 1. The molecule has 1 amide bonds. The van der Waals surface area contributed by atoms with Gasteiger partial charge in [0.15, 0.2) is 0 Å². The van der Waals surface area contributed by atoms with Crippen LogP contribution in [0.2, 0.25) is 0 Å². The molecule has 0 saturated carbocycles. The maximum Gasteiger partial charge on any atom is 0.237 e. The van der Waals surface area contributed by atoms with Crippen LogP contribution in [0.3, 0.4) is 0 Å². The highest BCUT2D eigenvalue weighted by Crippen LogP contribution is 2.02. The van der Waals surface area contributed by atoms with Crippen LogP contribution in [0.15, 0.2) is 0 Å². The zero-order chi connectivity index (χ0) is 12.9. The lowest BCUT2D eigenvalue weighted by molar-refractivity contribution is -0.131. The van der Waals surface area contributed by atoms with E-state index in [1.54, 1.807) is 4.90 Å². The van der Waals surface area contributed by atoms with Crippen molar-refractivity contribution in [3.63, 3.8) is 0 Å². The number of piperazine rings is 1. The van der Waals surface area contributed by atoms with Crippen LogP contribution in [0, 0.1) is 0 Å². The van der Waals surface area contributed by atoms with Crippen molar-refractivity contribution in [1.29, 1.82) is 0 Å². The van der Waals surface area contributed by atoms with E-state index >= 15 is 0 Å². The standard InChI is InChI=1S/C10H21N3O3S/c1-3-8-17(15,16)12(2)9-10(14)13-6-4-11-5-7-13/h11H,3-9H2,1-2H3. The van der Waals surface area contributed by atoms with Crippen LogP contribution >= 0.6 is 0 Å². The van der Waals surface area contributed by atoms with E-state index in [0.717, 1.165) is 17.4 Å². The van der Waals surface area contributed by atoms with E-state index in [2.05, 4.69) is 5.32 Å². The van der Waals surface area contributed by atoms with E-state index in [1.807, 2.05) is 6.92 Å². The van der Waals surface area contributed by atoms with Crippen LogP contribution in [0.5, 0.6) is 0 Å². The van der Waals surface area contributed by atoms with E-state index in [-0.39, 0.29) is 18.2 Å². The fourth-order valence-corrected chi connectivity index (χ4v) is 2.85. The normalized spacial score (nSPS) is 17.5. The molecule has 100 valence electrons. The molecule has 0 aromatic carbocycles. The first-order chi connectivity index (χ1) is 7.97. The number of nitrogens with zero attached hydrogens (tertiary/aromatic N) is 2. The van der Waals surface area contributed by atoms with Crippen LogP contribution in [0.1, 0.15) is 13.3 Å². The van der Waals surface area contributed by atoms with Gasteiger partial charge < -0.3 is 10.2 Å². The summed E-state index contributed by atoms with van der Waals surface area (Å²) in [4.78, 5) is 13.6. The van der Waals surface area contributed by atoms with Crippen LogP contribution in [-0.2, 0) is 14.8 Å². The minimum absolute atomic E-state index is 0.0532. The van der Waals surface area contributed by atoms with Crippen molar-refractivity contribution >= 4 is 15.9 Å². The number of carbonyl (C=O) groups excluding carboxylic acids is 1. The Morgan fingerprint density at radius 1 is 1.35 bits per heavy atom. The van der Waals surface area contributed by atoms with Gasteiger partial charge in [0.05, 0.1) is 12.3 Å². The quantitative estimate of drug-likeness (QED) is 0.697. The van der Waals surface area contributed by atoms with Gasteiger partial charge in [0.2, 0.25) is 15.9 Å². The highest BCUT2D eigenvalue weighted by Gasteiger charge is 2.23. The average molecular weight is 263 g/mol. The smallest absolute Gasteiger partial charge is 0.237 e. The minimum Gasteiger partial charge on any atom is -0.339 e. The first-order valence-corrected chi connectivity index (χ1v) is 7.51. The molecule has 1 aliphatic rings. The Balaban J connectivity index is 2.50. The fraction of sp³-hybridized carbons (Fsp3) is 0.900. The molecule has 7 heteroatoms. The van der Waals surface area contributed by atoms with Crippen molar-refractivity contribution in [2.45, 2.75) is 13.3 Å². The SMILES string of the molecule is CCCS(=O)(=O)N(C)CC(=O)N1CCNCC1. The predicted molar refractivity (Wildman–Crippen MR) is 66.2 cm³/mol. The Morgan fingerprint density at radius 2 is 1.94 bits per heavy atom. The Bertz CT molecular complexity index is 350. The lowest BCUT2D eigenvalue weighted by Gasteiger charge is -2.29. The number of likely N-dealkylation sites (N-methyl/N-ethyl adjacent to an activating group) is 1. The van der Waals surface area contributed by atoms with Gasteiger partial charge >= 0.3 is 0 Å². The molecule has 1 heterocycles. The molecule has 1 aliphatic heterocycles. The van der Waals surface area contributed by atoms with E-state index in [4.69, 9.17) is 0 Å². The highest BCUT2D eigenvalue weighted by molar-refractivity contribution is 7.89. The average Bonchev–Trinajstić information content (AvgIpc) is 2.30. The summed E-state index contributed by atoms with van der Waals surface area (Å²) in [5.41, 5.74) is 0. The van der Waals surface area contributed by atoms with Gasteiger partial charge in [-0.1, -0.05) is 6.92 Å². The van der Waals surface area contributed by atoms with Gasteiger partial charge in [-0.2, -0.15) is 4.31 Å². The van der Waals surface area contributed by atoms with E-state index in [1.165, 1.54) is 7.05 Å². The second-order valence-electron chi connectivity index (χ2n) is 4.20.